The number of nitrogens with one attached hydrogen (secondary N) is 1. The molecule has 2 aliphatic rings. The number of hydrogen-bond acceptors (Lipinski definition) is 5. The fourth-order valence-electron chi connectivity index (χ4n) is 3.70. The van der Waals surface area contributed by atoms with Crippen LogP contribution in [-0.2, 0) is 14.2 Å². The number of rotatable bonds is 9. The van der Waals surface area contributed by atoms with Crippen LogP contribution in [0.1, 0.15) is 27.2 Å². The van der Waals surface area contributed by atoms with Crippen molar-refractivity contribution in [3.05, 3.63) is 0 Å². The number of methoxy groups -OCH3 is 1. The number of halogens is 1. The summed E-state index contributed by atoms with van der Waals surface area (Å²) < 4.78 is 16.3. The molecule has 0 spiro atoms. The summed E-state index contributed by atoms with van der Waals surface area (Å²) in [7, 11) is 1.71. The normalized spacial score (nSPS) is 25.3. The molecule has 160 valence electrons. The Morgan fingerprint density at radius 2 is 2.15 bits per heavy atom. The van der Waals surface area contributed by atoms with Crippen molar-refractivity contribution in [2.24, 2.45) is 10.9 Å². The molecule has 0 radical (unpaired) electrons. The quantitative estimate of drug-likeness (QED) is 0.226. The van der Waals surface area contributed by atoms with Gasteiger partial charge in [0.25, 0.3) is 0 Å². The van der Waals surface area contributed by atoms with Gasteiger partial charge < -0.3 is 24.4 Å². The van der Waals surface area contributed by atoms with Gasteiger partial charge in [0.05, 0.1) is 39.6 Å². The Morgan fingerprint density at radius 3 is 2.85 bits per heavy atom. The Labute approximate surface area is 182 Å². The summed E-state index contributed by atoms with van der Waals surface area (Å²) in [4.78, 5) is 9.82. The van der Waals surface area contributed by atoms with Crippen molar-refractivity contribution in [3.63, 3.8) is 0 Å². The van der Waals surface area contributed by atoms with E-state index >= 15 is 0 Å². The van der Waals surface area contributed by atoms with E-state index in [9.17, 15) is 0 Å². The molecule has 2 fully saturated rings. The molecule has 2 rings (SSSR count). The third kappa shape index (κ3) is 8.39. The number of hydrogen-bond donors (Lipinski definition) is 1. The molecule has 0 aliphatic carbocycles. The molecule has 2 aliphatic heterocycles. The van der Waals surface area contributed by atoms with Crippen LogP contribution in [0.4, 0.5) is 0 Å². The number of aliphatic imine (C=N–C) groups is 1. The van der Waals surface area contributed by atoms with E-state index in [1.54, 1.807) is 7.11 Å². The third-order valence-electron chi connectivity index (χ3n) is 5.20. The van der Waals surface area contributed by atoms with Gasteiger partial charge in [0.1, 0.15) is 0 Å². The number of nitrogens with zero attached hydrogens (tertiary/aromatic N) is 3. The first-order valence-corrected chi connectivity index (χ1v) is 10.1. The van der Waals surface area contributed by atoms with Gasteiger partial charge in [-0.15, -0.1) is 24.0 Å². The first-order valence-electron chi connectivity index (χ1n) is 10.1. The van der Waals surface area contributed by atoms with Crippen LogP contribution in [0.3, 0.4) is 0 Å². The summed E-state index contributed by atoms with van der Waals surface area (Å²) in [5, 5.41) is 3.46. The Bertz CT molecular complexity index is 428. The monoisotopic (exact) mass is 498 g/mol. The molecule has 3 unspecified atom stereocenters. The second kappa shape index (κ2) is 13.9. The molecule has 27 heavy (non-hydrogen) atoms. The molecule has 0 saturated carbocycles. The van der Waals surface area contributed by atoms with E-state index in [0.29, 0.717) is 31.2 Å². The van der Waals surface area contributed by atoms with Crippen LogP contribution in [0.5, 0.6) is 0 Å². The maximum absolute atomic E-state index is 5.70. The average molecular weight is 498 g/mol. The summed E-state index contributed by atoms with van der Waals surface area (Å²) in [5.74, 6) is 1.62. The van der Waals surface area contributed by atoms with Crippen molar-refractivity contribution in [2.45, 2.75) is 39.3 Å². The summed E-state index contributed by atoms with van der Waals surface area (Å²) in [6, 6.07) is 0.898. The zero-order valence-corrected chi connectivity index (χ0v) is 19.8. The topological polar surface area (TPSA) is 58.6 Å². The lowest BCUT2D eigenvalue weighted by molar-refractivity contribution is -0.0166. The molecular weight excluding hydrogens is 459 g/mol. The van der Waals surface area contributed by atoms with Crippen LogP contribution in [0, 0.1) is 5.92 Å². The Balaban J connectivity index is 0.00000364. The molecule has 0 aromatic heterocycles. The molecule has 0 aromatic rings. The van der Waals surface area contributed by atoms with Crippen molar-refractivity contribution in [3.8, 4) is 0 Å². The van der Waals surface area contributed by atoms with Gasteiger partial charge in [-0.1, -0.05) is 0 Å². The van der Waals surface area contributed by atoms with Gasteiger partial charge in [0.15, 0.2) is 5.96 Å². The fraction of sp³-hybridized carbons (Fsp3) is 0.947. The first kappa shape index (κ1) is 24.9. The molecule has 2 heterocycles. The van der Waals surface area contributed by atoms with Gasteiger partial charge in [0, 0.05) is 51.3 Å². The predicted molar refractivity (Wildman–Crippen MR) is 120 cm³/mol. The molecule has 8 heteroatoms. The fourth-order valence-corrected chi connectivity index (χ4v) is 3.70. The zero-order chi connectivity index (χ0) is 18.8. The molecule has 0 bridgehead atoms. The smallest absolute Gasteiger partial charge is 0.193 e. The van der Waals surface area contributed by atoms with Crippen molar-refractivity contribution in [2.75, 3.05) is 72.9 Å². The van der Waals surface area contributed by atoms with Crippen LogP contribution < -0.4 is 5.32 Å². The number of ether oxygens (including phenoxy) is 3. The van der Waals surface area contributed by atoms with Crippen LogP contribution in [0.2, 0.25) is 0 Å². The van der Waals surface area contributed by atoms with E-state index in [2.05, 4.69) is 35.9 Å². The maximum atomic E-state index is 5.70. The van der Waals surface area contributed by atoms with E-state index < -0.39 is 0 Å². The average Bonchev–Trinajstić information content (AvgIpc) is 3.11. The molecule has 7 nitrogen and oxygen atoms in total. The lowest BCUT2D eigenvalue weighted by Crippen LogP contribution is -2.49. The number of morpholine rings is 1. The highest BCUT2D eigenvalue weighted by Gasteiger charge is 2.26. The minimum Gasteiger partial charge on any atom is -0.382 e. The van der Waals surface area contributed by atoms with E-state index in [4.69, 9.17) is 19.2 Å². The van der Waals surface area contributed by atoms with Crippen molar-refractivity contribution >= 4 is 29.9 Å². The summed E-state index contributed by atoms with van der Waals surface area (Å²) in [5.41, 5.74) is 0. The summed E-state index contributed by atoms with van der Waals surface area (Å²) in [6.07, 6.45) is 1.16. The van der Waals surface area contributed by atoms with E-state index in [1.807, 2.05) is 0 Å². The largest absolute Gasteiger partial charge is 0.382 e. The SMILES string of the molecule is CCNC(=NCC(C)N1CCOCC1C)N1CCC(COCCOC)C1.I. The van der Waals surface area contributed by atoms with E-state index in [-0.39, 0.29) is 24.0 Å². The maximum Gasteiger partial charge on any atom is 0.193 e. The van der Waals surface area contributed by atoms with Crippen LogP contribution in [-0.4, -0.2) is 101 Å². The Hall–Kier alpha value is -0.160. The predicted octanol–water partition coefficient (Wildman–Crippen LogP) is 1.66. The Morgan fingerprint density at radius 1 is 1.33 bits per heavy atom. The molecular formula is C19H39IN4O3. The van der Waals surface area contributed by atoms with Gasteiger partial charge in [-0.2, -0.15) is 0 Å². The molecule has 1 N–H and O–H groups in total. The summed E-state index contributed by atoms with van der Waals surface area (Å²) in [6.45, 7) is 15.2. The highest BCUT2D eigenvalue weighted by atomic mass is 127. The second-order valence-corrected chi connectivity index (χ2v) is 7.37. The molecule has 0 aromatic carbocycles. The van der Waals surface area contributed by atoms with Gasteiger partial charge in [-0.25, -0.2) is 0 Å². The van der Waals surface area contributed by atoms with Gasteiger partial charge >= 0.3 is 0 Å². The third-order valence-corrected chi connectivity index (χ3v) is 5.20. The Kier molecular flexibility index (Phi) is 12.8. The van der Waals surface area contributed by atoms with Crippen molar-refractivity contribution in [1.29, 1.82) is 0 Å². The highest BCUT2D eigenvalue weighted by Crippen LogP contribution is 2.17. The van der Waals surface area contributed by atoms with E-state index in [0.717, 1.165) is 64.9 Å². The van der Waals surface area contributed by atoms with Crippen LogP contribution in [0.25, 0.3) is 0 Å². The minimum absolute atomic E-state index is 0. The number of likely N-dealkylation sites (tertiary alicyclic amines) is 1. The molecule has 3 atom stereocenters. The summed E-state index contributed by atoms with van der Waals surface area (Å²) >= 11 is 0. The molecule has 0 amide bonds. The molecule has 2 saturated heterocycles. The van der Waals surface area contributed by atoms with Crippen LogP contribution >= 0.6 is 24.0 Å². The highest BCUT2D eigenvalue weighted by molar-refractivity contribution is 14.0. The lowest BCUT2D eigenvalue weighted by atomic mass is 10.1. The second-order valence-electron chi connectivity index (χ2n) is 7.37. The van der Waals surface area contributed by atoms with Crippen LogP contribution in [0.15, 0.2) is 4.99 Å². The zero-order valence-electron chi connectivity index (χ0n) is 17.5. The first-order chi connectivity index (χ1) is 12.7. The standard InChI is InChI=1S/C19H38N4O3.HI/c1-5-20-19(21-12-16(2)23-8-9-25-14-17(23)3)22-7-6-18(13-22)15-26-11-10-24-4;/h16-18H,5-15H2,1-4H3,(H,20,21);1H. The van der Waals surface area contributed by atoms with E-state index in [1.165, 1.54) is 0 Å². The van der Waals surface area contributed by atoms with Gasteiger partial charge in [-0.3, -0.25) is 9.89 Å². The number of guanidine groups is 1. The minimum atomic E-state index is 0. The van der Waals surface area contributed by atoms with Gasteiger partial charge in [0.2, 0.25) is 0 Å². The van der Waals surface area contributed by atoms with Crippen molar-refractivity contribution in [1.82, 2.24) is 15.1 Å². The van der Waals surface area contributed by atoms with Crippen molar-refractivity contribution < 1.29 is 14.2 Å². The van der Waals surface area contributed by atoms with Gasteiger partial charge in [-0.05, 0) is 27.2 Å². The lowest BCUT2D eigenvalue weighted by Gasteiger charge is -2.37.